The van der Waals surface area contributed by atoms with Crippen LogP contribution < -0.4 is 5.32 Å². The molecule has 4 nitrogen and oxygen atoms in total. The number of furan rings is 1. The van der Waals surface area contributed by atoms with Crippen molar-refractivity contribution in [2.24, 2.45) is 0 Å². The first-order chi connectivity index (χ1) is 9.81. The Labute approximate surface area is 124 Å². The molecular weight excluding hydrogens is 270 g/mol. The Morgan fingerprint density at radius 1 is 1.30 bits per heavy atom. The summed E-state index contributed by atoms with van der Waals surface area (Å²) in [5, 5.41) is 10.6. The van der Waals surface area contributed by atoms with Crippen molar-refractivity contribution in [1.82, 2.24) is 15.5 Å². The van der Waals surface area contributed by atoms with E-state index in [1.165, 1.54) is 25.0 Å². The van der Waals surface area contributed by atoms with E-state index in [2.05, 4.69) is 21.8 Å². The summed E-state index contributed by atoms with van der Waals surface area (Å²) < 4.78 is 5.64. The lowest BCUT2D eigenvalue weighted by molar-refractivity contribution is 0.544. The Kier molecular flexibility index (Phi) is 6.21. The summed E-state index contributed by atoms with van der Waals surface area (Å²) >= 11 is 1.92. The highest BCUT2D eigenvalue weighted by Gasteiger charge is 2.10. The highest BCUT2D eigenvalue weighted by molar-refractivity contribution is 7.98. The number of aromatic amines is 1. The predicted molar refractivity (Wildman–Crippen MR) is 85.0 cm³/mol. The molecule has 0 amide bonds. The third kappa shape index (κ3) is 4.42. The molecule has 0 aliphatic carbocycles. The van der Waals surface area contributed by atoms with Crippen LogP contribution in [0.2, 0.25) is 0 Å². The van der Waals surface area contributed by atoms with E-state index in [1.54, 1.807) is 0 Å². The normalized spacial score (nSPS) is 11.1. The van der Waals surface area contributed by atoms with E-state index in [0.717, 1.165) is 35.9 Å². The Morgan fingerprint density at radius 2 is 2.20 bits per heavy atom. The third-order valence-electron chi connectivity index (χ3n) is 3.22. The summed E-state index contributed by atoms with van der Waals surface area (Å²) in [5.41, 5.74) is 2.14. The molecule has 2 rings (SSSR count). The van der Waals surface area contributed by atoms with Crippen molar-refractivity contribution in [1.29, 1.82) is 0 Å². The maximum atomic E-state index is 5.64. The zero-order chi connectivity index (χ0) is 14.2. The molecule has 0 fully saturated rings. The third-order valence-corrected chi connectivity index (χ3v) is 3.92. The lowest BCUT2D eigenvalue weighted by atomic mass is 10.2. The molecule has 0 atom stereocenters. The second kappa shape index (κ2) is 8.17. The Balaban J connectivity index is 1.75. The molecule has 0 aliphatic heterocycles. The van der Waals surface area contributed by atoms with Crippen LogP contribution in [-0.4, -0.2) is 28.8 Å². The van der Waals surface area contributed by atoms with E-state index < -0.39 is 0 Å². The van der Waals surface area contributed by atoms with Gasteiger partial charge in [0.25, 0.3) is 0 Å². The molecule has 0 aromatic carbocycles. The zero-order valence-corrected chi connectivity index (χ0v) is 13.1. The number of thioether (sulfide) groups is 1. The monoisotopic (exact) mass is 293 g/mol. The van der Waals surface area contributed by atoms with Gasteiger partial charge in [-0.3, -0.25) is 5.10 Å². The molecule has 0 saturated heterocycles. The molecule has 110 valence electrons. The van der Waals surface area contributed by atoms with Crippen molar-refractivity contribution in [3.05, 3.63) is 29.7 Å². The smallest absolute Gasteiger partial charge is 0.152 e. The van der Waals surface area contributed by atoms with Crippen LogP contribution in [0.5, 0.6) is 0 Å². The molecule has 0 bridgehead atoms. The minimum Gasteiger partial charge on any atom is -0.460 e. The highest BCUT2D eigenvalue weighted by Crippen LogP contribution is 2.23. The van der Waals surface area contributed by atoms with Crippen LogP contribution >= 0.6 is 11.8 Å². The van der Waals surface area contributed by atoms with Crippen LogP contribution in [0.1, 0.15) is 30.6 Å². The fourth-order valence-electron chi connectivity index (χ4n) is 2.12. The van der Waals surface area contributed by atoms with Crippen molar-refractivity contribution in [2.75, 3.05) is 18.6 Å². The van der Waals surface area contributed by atoms with E-state index in [1.807, 2.05) is 37.0 Å². The van der Waals surface area contributed by atoms with Gasteiger partial charge < -0.3 is 9.73 Å². The van der Waals surface area contributed by atoms with E-state index >= 15 is 0 Å². The summed E-state index contributed by atoms with van der Waals surface area (Å²) in [6.45, 7) is 3.83. The minimum absolute atomic E-state index is 0.827. The lowest BCUT2D eigenvalue weighted by Crippen LogP contribution is -2.14. The van der Waals surface area contributed by atoms with Gasteiger partial charge in [0, 0.05) is 12.1 Å². The van der Waals surface area contributed by atoms with E-state index in [4.69, 9.17) is 4.42 Å². The first kappa shape index (κ1) is 15.2. The van der Waals surface area contributed by atoms with E-state index in [9.17, 15) is 0 Å². The van der Waals surface area contributed by atoms with Crippen LogP contribution in [0.15, 0.2) is 22.7 Å². The molecule has 2 N–H and O–H groups in total. The molecule has 0 aliphatic rings. The van der Waals surface area contributed by atoms with Gasteiger partial charge in [-0.1, -0.05) is 6.42 Å². The quantitative estimate of drug-likeness (QED) is 0.694. The molecule has 0 spiro atoms. The number of hydrogen-bond donors (Lipinski definition) is 2. The summed E-state index contributed by atoms with van der Waals surface area (Å²) in [6.07, 6.45) is 7.87. The summed E-state index contributed by atoms with van der Waals surface area (Å²) in [7, 11) is 0. The Bertz CT molecular complexity index is 507. The van der Waals surface area contributed by atoms with Gasteiger partial charge in [-0.15, -0.1) is 0 Å². The number of unbranched alkanes of at least 4 members (excludes halogenated alkanes) is 2. The summed E-state index contributed by atoms with van der Waals surface area (Å²) in [5.74, 6) is 3.04. The molecule has 0 unspecified atom stereocenters. The number of aromatic nitrogens is 2. The maximum Gasteiger partial charge on any atom is 0.152 e. The number of nitrogens with one attached hydrogen (secondary N) is 2. The molecule has 2 aromatic heterocycles. The molecule has 2 aromatic rings. The Morgan fingerprint density at radius 3 is 2.95 bits per heavy atom. The molecule has 0 saturated carbocycles. The molecular formula is C15H23N3OS. The zero-order valence-electron chi connectivity index (χ0n) is 12.2. The minimum atomic E-state index is 0.827. The van der Waals surface area contributed by atoms with Crippen molar-refractivity contribution in [3.63, 3.8) is 0 Å². The SMILES string of the molecule is CSCCCCCNCc1cn[nH]c1-c1ccc(C)o1. The molecule has 2 heterocycles. The fourth-order valence-corrected chi connectivity index (χ4v) is 2.62. The van der Waals surface area contributed by atoms with Gasteiger partial charge >= 0.3 is 0 Å². The largest absolute Gasteiger partial charge is 0.460 e. The van der Waals surface area contributed by atoms with E-state index in [-0.39, 0.29) is 0 Å². The standard InChI is InChI=1S/C15H23N3OS/c1-12-6-7-14(19-12)15-13(11-17-18-15)10-16-8-4-3-5-9-20-2/h6-7,11,16H,3-5,8-10H2,1-2H3,(H,17,18). The van der Waals surface area contributed by atoms with Crippen LogP contribution in [-0.2, 0) is 6.54 Å². The first-order valence-corrected chi connectivity index (χ1v) is 8.49. The van der Waals surface area contributed by atoms with Crippen LogP contribution in [0.25, 0.3) is 11.5 Å². The van der Waals surface area contributed by atoms with Crippen molar-refractivity contribution in [2.45, 2.75) is 32.7 Å². The lowest BCUT2D eigenvalue weighted by Gasteiger charge is -2.04. The fraction of sp³-hybridized carbons (Fsp3) is 0.533. The van der Waals surface area contributed by atoms with Gasteiger partial charge in [-0.05, 0) is 50.5 Å². The van der Waals surface area contributed by atoms with Crippen LogP contribution in [0.4, 0.5) is 0 Å². The second-order valence-electron chi connectivity index (χ2n) is 4.91. The maximum absolute atomic E-state index is 5.64. The van der Waals surface area contributed by atoms with Crippen molar-refractivity contribution >= 4 is 11.8 Å². The average molecular weight is 293 g/mol. The number of H-pyrrole nitrogens is 1. The van der Waals surface area contributed by atoms with Crippen molar-refractivity contribution < 1.29 is 4.42 Å². The molecule has 20 heavy (non-hydrogen) atoms. The van der Waals surface area contributed by atoms with Gasteiger partial charge in [0.15, 0.2) is 5.76 Å². The Hall–Kier alpha value is -1.20. The van der Waals surface area contributed by atoms with Crippen LogP contribution in [0, 0.1) is 6.92 Å². The molecule has 0 radical (unpaired) electrons. The van der Waals surface area contributed by atoms with Crippen molar-refractivity contribution in [3.8, 4) is 11.5 Å². The molecule has 5 heteroatoms. The summed E-state index contributed by atoms with van der Waals surface area (Å²) in [4.78, 5) is 0. The topological polar surface area (TPSA) is 53.9 Å². The van der Waals surface area contributed by atoms with Gasteiger partial charge in [0.1, 0.15) is 11.5 Å². The average Bonchev–Trinajstić information content (AvgIpc) is 3.06. The number of nitrogens with zero attached hydrogens (tertiary/aromatic N) is 1. The number of rotatable bonds is 9. The van der Waals surface area contributed by atoms with Gasteiger partial charge in [-0.2, -0.15) is 16.9 Å². The number of aryl methyl sites for hydroxylation is 1. The summed E-state index contributed by atoms with van der Waals surface area (Å²) in [6, 6.07) is 3.95. The highest BCUT2D eigenvalue weighted by atomic mass is 32.2. The van der Waals surface area contributed by atoms with Gasteiger partial charge in [-0.25, -0.2) is 0 Å². The first-order valence-electron chi connectivity index (χ1n) is 7.10. The van der Waals surface area contributed by atoms with Gasteiger partial charge in [0.05, 0.1) is 6.20 Å². The van der Waals surface area contributed by atoms with E-state index in [0.29, 0.717) is 0 Å². The number of hydrogen-bond acceptors (Lipinski definition) is 4. The van der Waals surface area contributed by atoms with Crippen LogP contribution in [0.3, 0.4) is 0 Å². The van der Waals surface area contributed by atoms with Gasteiger partial charge in [0.2, 0.25) is 0 Å². The predicted octanol–water partition coefficient (Wildman–Crippen LogP) is 3.60. The second-order valence-corrected chi connectivity index (χ2v) is 5.90.